The molecule has 1 N–H and O–H groups in total. The van der Waals surface area contributed by atoms with Crippen molar-refractivity contribution in [3.8, 4) is 0 Å². The minimum Gasteiger partial charge on any atom is -0.305 e. The molecule has 3 nitrogen and oxygen atoms in total. The lowest BCUT2D eigenvalue weighted by atomic mass is 9.88. The van der Waals surface area contributed by atoms with Crippen molar-refractivity contribution in [1.29, 1.82) is 0 Å². The lowest BCUT2D eigenvalue weighted by molar-refractivity contribution is -0.137. The fraction of sp³-hybridized carbons (Fsp3) is 0.636. The van der Waals surface area contributed by atoms with Gasteiger partial charge in [0, 0.05) is 6.20 Å². The molecule has 100 valence electrons. The molecule has 0 aliphatic carbocycles. The highest BCUT2D eigenvalue weighted by atomic mass is 32.1. The second kappa shape index (κ2) is 4.62. The van der Waals surface area contributed by atoms with E-state index in [-0.39, 0.29) is 10.7 Å². The Morgan fingerprint density at radius 3 is 2.78 bits per heavy atom. The number of aromatic nitrogens is 1. The third-order valence-electron chi connectivity index (χ3n) is 3.25. The maximum Gasteiger partial charge on any atom is 0.443 e. The number of carbonyl (C=O) groups excluding carboxylic acids is 1. The van der Waals surface area contributed by atoms with E-state index in [1.165, 1.54) is 0 Å². The molecule has 1 aliphatic rings. The van der Waals surface area contributed by atoms with Crippen LogP contribution in [0.5, 0.6) is 0 Å². The number of nitrogens with one attached hydrogen (secondary N) is 1. The van der Waals surface area contributed by atoms with Crippen molar-refractivity contribution in [3.05, 3.63) is 16.1 Å². The van der Waals surface area contributed by atoms with E-state index in [1.54, 1.807) is 0 Å². The number of halogens is 3. The average molecular weight is 278 g/mol. The molecule has 1 aromatic rings. The number of thiazole rings is 1. The molecule has 1 saturated heterocycles. The third-order valence-corrected chi connectivity index (χ3v) is 4.29. The fourth-order valence-electron chi connectivity index (χ4n) is 2.21. The molecule has 0 amide bonds. The number of hydrogen-bond acceptors (Lipinski definition) is 4. The first kappa shape index (κ1) is 13.5. The summed E-state index contributed by atoms with van der Waals surface area (Å²) in [5.74, 6) is -0.268. The van der Waals surface area contributed by atoms with E-state index >= 15 is 0 Å². The monoisotopic (exact) mass is 278 g/mol. The Morgan fingerprint density at radius 1 is 1.61 bits per heavy atom. The van der Waals surface area contributed by atoms with Crippen molar-refractivity contribution in [3.63, 3.8) is 0 Å². The minimum atomic E-state index is -4.48. The van der Waals surface area contributed by atoms with Gasteiger partial charge in [-0.3, -0.25) is 4.79 Å². The van der Waals surface area contributed by atoms with Crippen molar-refractivity contribution < 1.29 is 18.0 Å². The van der Waals surface area contributed by atoms with Crippen LogP contribution in [0.2, 0.25) is 0 Å². The van der Waals surface area contributed by atoms with Crippen LogP contribution in [0.4, 0.5) is 13.2 Å². The lowest BCUT2D eigenvalue weighted by Crippen LogP contribution is -2.46. The highest BCUT2D eigenvalue weighted by Crippen LogP contribution is 2.35. The van der Waals surface area contributed by atoms with E-state index in [0.29, 0.717) is 24.2 Å². The zero-order chi connectivity index (χ0) is 13.4. The third kappa shape index (κ3) is 2.29. The van der Waals surface area contributed by atoms with Crippen LogP contribution in [0.3, 0.4) is 0 Å². The largest absolute Gasteiger partial charge is 0.443 e. The first-order valence-electron chi connectivity index (χ1n) is 5.72. The summed E-state index contributed by atoms with van der Waals surface area (Å²) in [6.07, 6.45) is -1.34. The maximum atomic E-state index is 12.4. The number of Topliss-reactive ketones (excluding diaryl/α,β-unsaturated/α-hetero) is 1. The Hall–Kier alpha value is -0.950. The van der Waals surface area contributed by atoms with Gasteiger partial charge >= 0.3 is 6.18 Å². The van der Waals surface area contributed by atoms with Gasteiger partial charge in [-0.15, -0.1) is 11.3 Å². The van der Waals surface area contributed by atoms with Gasteiger partial charge in [-0.25, -0.2) is 4.98 Å². The number of alkyl halides is 3. The first-order valence-corrected chi connectivity index (χ1v) is 6.53. The molecule has 1 fully saturated rings. The Morgan fingerprint density at radius 2 is 2.33 bits per heavy atom. The van der Waals surface area contributed by atoms with Crippen molar-refractivity contribution in [1.82, 2.24) is 10.3 Å². The predicted octanol–water partition coefficient (Wildman–Crippen LogP) is 2.88. The van der Waals surface area contributed by atoms with Gasteiger partial charge in [0.05, 0.1) is 10.4 Å². The van der Waals surface area contributed by atoms with Crippen molar-refractivity contribution in [2.45, 2.75) is 37.9 Å². The fourth-order valence-corrected chi connectivity index (χ4v) is 3.03. The molecule has 0 radical (unpaired) electrons. The smallest absolute Gasteiger partial charge is 0.305 e. The molecule has 1 atom stereocenters. The maximum absolute atomic E-state index is 12.4. The SMILES string of the molecule is CCC1(C(=O)c2cnc(C(F)(F)F)s2)CCCN1. The summed E-state index contributed by atoms with van der Waals surface area (Å²) in [6, 6.07) is 0. The molecule has 2 heterocycles. The summed E-state index contributed by atoms with van der Waals surface area (Å²) in [5.41, 5.74) is -0.699. The Bertz CT molecular complexity index is 449. The highest BCUT2D eigenvalue weighted by molar-refractivity contribution is 7.13. The van der Waals surface area contributed by atoms with E-state index < -0.39 is 16.7 Å². The van der Waals surface area contributed by atoms with E-state index in [0.717, 1.165) is 19.2 Å². The molecule has 2 rings (SSSR count). The number of hydrogen-bond donors (Lipinski definition) is 1. The summed E-state index contributed by atoms with van der Waals surface area (Å²) >= 11 is 0.423. The second-order valence-electron chi connectivity index (χ2n) is 4.32. The summed E-state index contributed by atoms with van der Waals surface area (Å²) in [6.45, 7) is 2.59. The van der Waals surface area contributed by atoms with Crippen LogP contribution in [0.15, 0.2) is 6.20 Å². The van der Waals surface area contributed by atoms with Crippen molar-refractivity contribution >= 4 is 17.1 Å². The summed E-state index contributed by atoms with van der Waals surface area (Å²) in [4.78, 5) is 15.7. The first-order chi connectivity index (χ1) is 8.39. The zero-order valence-electron chi connectivity index (χ0n) is 9.80. The van der Waals surface area contributed by atoms with Crippen LogP contribution in [0.25, 0.3) is 0 Å². The number of rotatable bonds is 3. The quantitative estimate of drug-likeness (QED) is 0.864. The Kier molecular flexibility index (Phi) is 3.46. The van der Waals surface area contributed by atoms with Crippen molar-refractivity contribution in [2.75, 3.05) is 6.54 Å². The minimum absolute atomic E-state index is 0.0820. The van der Waals surface area contributed by atoms with Gasteiger partial charge in [0.2, 0.25) is 0 Å². The van der Waals surface area contributed by atoms with Gasteiger partial charge in [-0.1, -0.05) is 6.92 Å². The molecule has 0 aromatic carbocycles. The molecule has 0 spiro atoms. The zero-order valence-corrected chi connectivity index (χ0v) is 10.6. The number of nitrogens with zero attached hydrogens (tertiary/aromatic N) is 1. The molecular formula is C11H13F3N2OS. The van der Waals surface area contributed by atoms with E-state index in [2.05, 4.69) is 10.3 Å². The van der Waals surface area contributed by atoms with Crippen molar-refractivity contribution in [2.24, 2.45) is 0 Å². The Labute approximate surface area is 106 Å². The van der Waals surface area contributed by atoms with Gasteiger partial charge in [-0.2, -0.15) is 13.2 Å². The molecule has 0 saturated carbocycles. The second-order valence-corrected chi connectivity index (χ2v) is 5.35. The summed E-state index contributed by atoms with van der Waals surface area (Å²) < 4.78 is 37.3. The standard InChI is InChI=1S/C11H13F3N2OS/c1-2-10(4-3-5-16-10)8(17)7-6-15-9(18-7)11(12,13)14/h6,16H,2-5H2,1H3. The summed E-state index contributed by atoms with van der Waals surface area (Å²) in [5, 5.41) is 2.15. The normalized spacial score (nSPS) is 24.4. The van der Waals surface area contributed by atoms with Crippen LogP contribution in [0, 0.1) is 0 Å². The van der Waals surface area contributed by atoms with Gasteiger partial charge in [0.15, 0.2) is 10.8 Å². The van der Waals surface area contributed by atoms with Gasteiger partial charge < -0.3 is 5.32 Å². The van der Waals surface area contributed by atoms with Crippen LogP contribution in [-0.2, 0) is 6.18 Å². The van der Waals surface area contributed by atoms with E-state index in [4.69, 9.17) is 0 Å². The average Bonchev–Trinajstić information content (AvgIpc) is 2.97. The van der Waals surface area contributed by atoms with Crippen LogP contribution in [0.1, 0.15) is 40.9 Å². The van der Waals surface area contributed by atoms with Gasteiger partial charge in [0.1, 0.15) is 0 Å². The van der Waals surface area contributed by atoms with Crippen LogP contribution < -0.4 is 5.32 Å². The van der Waals surface area contributed by atoms with E-state index in [9.17, 15) is 18.0 Å². The highest BCUT2D eigenvalue weighted by Gasteiger charge is 2.42. The topological polar surface area (TPSA) is 42.0 Å². The number of ketones is 1. The molecule has 0 bridgehead atoms. The Balaban J connectivity index is 2.26. The lowest BCUT2D eigenvalue weighted by Gasteiger charge is -2.25. The molecule has 1 unspecified atom stereocenters. The number of carbonyl (C=O) groups is 1. The summed E-state index contributed by atoms with van der Waals surface area (Å²) in [7, 11) is 0. The van der Waals surface area contributed by atoms with Crippen LogP contribution in [-0.4, -0.2) is 22.9 Å². The van der Waals surface area contributed by atoms with Crippen LogP contribution >= 0.6 is 11.3 Å². The molecule has 7 heteroatoms. The molecule has 18 heavy (non-hydrogen) atoms. The van der Waals surface area contributed by atoms with Gasteiger partial charge in [0.25, 0.3) is 0 Å². The predicted molar refractivity (Wildman–Crippen MR) is 61.7 cm³/mol. The molecular weight excluding hydrogens is 265 g/mol. The molecule has 1 aromatic heterocycles. The van der Waals surface area contributed by atoms with Gasteiger partial charge in [-0.05, 0) is 25.8 Å². The molecule has 1 aliphatic heterocycles. The van der Waals surface area contributed by atoms with E-state index in [1.807, 2.05) is 6.92 Å².